The molecule has 0 saturated carbocycles. The molecule has 0 aliphatic carbocycles. The summed E-state index contributed by atoms with van der Waals surface area (Å²) < 4.78 is 1.65. The van der Waals surface area contributed by atoms with Crippen LogP contribution in [0.1, 0.15) is 16.1 Å². The third-order valence-corrected chi connectivity index (χ3v) is 3.28. The number of aromatic nitrogens is 2. The molecule has 0 spiro atoms. The van der Waals surface area contributed by atoms with E-state index in [1.54, 1.807) is 53.1 Å². The Kier molecular flexibility index (Phi) is 3.46. The van der Waals surface area contributed by atoms with Gasteiger partial charge >= 0.3 is 0 Å². The van der Waals surface area contributed by atoms with E-state index in [2.05, 4.69) is 4.98 Å². The molecule has 0 aliphatic heterocycles. The molecule has 1 N–H and O–H groups in total. The number of pyridine rings is 1. The fourth-order valence-corrected chi connectivity index (χ4v) is 2.34. The van der Waals surface area contributed by atoms with Crippen molar-refractivity contribution in [3.8, 4) is 5.75 Å². The summed E-state index contributed by atoms with van der Waals surface area (Å²) in [6.45, 7) is 0. The lowest BCUT2D eigenvalue weighted by atomic mass is 10.1. The monoisotopic (exact) mass is 298 g/mol. The SMILES string of the molecule is O=C(/C=C/c1cccc(O)c1)c1c(Cl)nc2ccccn12. The molecular weight excluding hydrogens is 288 g/mol. The van der Waals surface area contributed by atoms with Crippen molar-refractivity contribution in [3.05, 3.63) is 71.1 Å². The Hall–Kier alpha value is -2.59. The van der Waals surface area contributed by atoms with Crippen molar-refractivity contribution >= 4 is 29.1 Å². The van der Waals surface area contributed by atoms with Gasteiger partial charge in [0.2, 0.25) is 5.78 Å². The van der Waals surface area contributed by atoms with Gasteiger partial charge in [-0.1, -0.05) is 35.9 Å². The minimum absolute atomic E-state index is 0.150. The molecule has 0 radical (unpaired) electrons. The van der Waals surface area contributed by atoms with Crippen molar-refractivity contribution in [1.29, 1.82) is 0 Å². The maximum Gasteiger partial charge on any atom is 0.205 e. The number of fused-ring (bicyclic) bond motifs is 1. The van der Waals surface area contributed by atoms with Crippen LogP contribution >= 0.6 is 11.6 Å². The molecule has 0 unspecified atom stereocenters. The molecule has 0 saturated heterocycles. The van der Waals surface area contributed by atoms with E-state index in [1.165, 1.54) is 6.08 Å². The van der Waals surface area contributed by atoms with E-state index in [9.17, 15) is 9.90 Å². The van der Waals surface area contributed by atoms with Crippen molar-refractivity contribution in [2.75, 3.05) is 0 Å². The van der Waals surface area contributed by atoms with Crippen LogP contribution in [0.5, 0.6) is 5.75 Å². The Bertz CT molecular complexity index is 852. The van der Waals surface area contributed by atoms with Gasteiger partial charge in [-0.15, -0.1) is 0 Å². The number of hydrogen-bond acceptors (Lipinski definition) is 3. The summed E-state index contributed by atoms with van der Waals surface area (Å²) in [4.78, 5) is 16.4. The summed E-state index contributed by atoms with van der Waals surface area (Å²) >= 11 is 6.04. The molecule has 104 valence electrons. The van der Waals surface area contributed by atoms with E-state index in [0.717, 1.165) is 5.56 Å². The van der Waals surface area contributed by atoms with Gasteiger partial charge in [0.25, 0.3) is 0 Å². The zero-order valence-electron chi connectivity index (χ0n) is 10.9. The highest BCUT2D eigenvalue weighted by Crippen LogP contribution is 2.19. The number of allylic oxidation sites excluding steroid dienone is 1. The van der Waals surface area contributed by atoms with Gasteiger partial charge in [0.15, 0.2) is 5.15 Å². The molecule has 2 aromatic heterocycles. The Morgan fingerprint density at radius 1 is 1.24 bits per heavy atom. The maximum absolute atomic E-state index is 12.3. The smallest absolute Gasteiger partial charge is 0.205 e. The Morgan fingerprint density at radius 3 is 2.90 bits per heavy atom. The number of carbonyl (C=O) groups excluding carboxylic acids is 1. The van der Waals surface area contributed by atoms with E-state index in [-0.39, 0.29) is 16.7 Å². The summed E-state index contributed by atoms with van der Waals surface area (Å²) in [6, 6.07) is 12.1. The summed E-state index contributed by atoms with van der Waals surface area (Å²) in [5, 5.41) is 9.57. The van der Waals surface area contributed by atoms with Crippen LogP contribution < -0.4 is 0 Å². The highest BCUT2D eigenvalue weighted by Gasteiger charge is 2.15. The van der Waals surface area contributed by atoms with Gasteiger partial charge in [-0.05, 0) is 35.9 Å². The summed E-state index contributed by atoms with van der Waals surface area (Å²) in [7, 11) is 0. The number of ketones is 1. The maximum atomic E-state index is 12.3. The number of nitrogens with zero attached hydrogens (tertiary/aromatic N) is 2. The van der Waals surface area contributed by atoms with Gasteiger partial charge in [-0.25, -0.2) is 4.98 Å². The minimum Gasteiger partial charge on any atom is -0.508 e. The Labute approximate surface area is 125 Å². The van der Waals surface area contributed by atoms with Gasteiger partial charge in [-0.2, -0.15) is 0 Å². The molecular formula is C16H11ClN2O2. The minimum atomic E-state index is -0.248. The highest BCUT2D eigenvalue weighted by atomic mass is 35.5. The number of benzene rings is 1. The van der Waals surface area contributed by atoms with Crippen molar-refractivity contribution in [3.63, 3.8) is 0 Å². The normalized spacial score (nSPS) is 11.3. The number of halogens is 1. The zero-order valence-corrected chi connectivity index (χ0v) is 11.7. The Morgan fingerprint density at radius 2 is 2.10 bits per heavy atom. The van der Waals surface area contributed by atoms with Gasteiger partial charge in [-0.3, -0.25) is 9.20 Å². The van der Waals surface area contributed by atoms with Gasteiger partial charge in [0, 0.05) is 6.20 Å². The molecule has 1 aromatic carbocycles. The molecule has 3 rings (SSSR count). The van der Waals surface area contributed by atoms with E-state index in [4.69, 9.17) is 11.6 Å². The summed E-state index contributed by atoms with van der Waals surface area (Å²) in [6.07, 6.45) is 4.78. The number of carbonyl (C=O) groups is 1. The Balaban J connectivity index is 1.96. The summed E-state index contributed by atoms with van der Waals surface area (Å²) in [5.41, 5.74) is 1.67. The number of hydrogen-bond donors (Lipinski definition) is 1. The second-order valence-corrected chi connectivity index (χ2v) is 4.83. The van der Waals surface area contributed by atoms with Crippen LogP contribution in [-0.4, -0.2) is 20.3 Å². The lowest BCUT2D eigenvalue weighted by Gasteiger charge is -1.98. The first-order chi connectivity index (χ1) is 10.1. The largest absolute Gasteiger partial charge is 0.508 e. The molecule has 5 heteroatoms. The van der Waals surface area contributed by atoms with Crippen molar-refractivity contribution < 1.29 is 9.90 Å². The third kappa shape index (κ3) is 2.66. The van der Waals surface area contributed by atoms with Crippen LogP contribution in [0.3, 0.4) is 0 Å². The van der Waals surface area contributed by atoms with Crippen LogP contribution in [0.25, 0.3) is 11.7 Å². The standard InChI is InChI=1S/C16H11ClN2O2/c17-16-15(19-9-2-1-6-14(19)18-16)13(21)8-7-11-4-3-5-12(20)10-11/h1-10,20H/b8-7+. The average molecular weight is 299 g/mol. The van der Waals surface area contributed by atoms with E-state index in [1.807, 2.05) is 6.07 Å². The predicted molar refractivity (Wildman–Crippen MR) is 81.7 cm³/mol. The second-order valence-electron chi connectivity index (χ2n) is 4.47. The van der Waals surface area contributed by atoms with Gasteiger partial charge in [0.05, 0.1) is 0 Å². The third-order valence-electron chi connectivity index (χ3n) is 3.02. The fourth-order valence-electron chi connectivity index (χ4n) is 2.07. The topological polar surface area (TPSA) is 54.6 Å². The van der Waals surface area contributed by atoms with E-state index in [0.29, 0.717) is 11.3 Å². The molecule has 0 atom stereocenters. The van der Waals surface area contributed by atoms with Crippen LogP contribution in [0.2, 0.25) is 5.15 Å². The molecule has 0 fully saturated rings. The van der Waals surface area contributed by atoms with Crippen molar-refractivity contribution in [1.82, 2.24) is 9.38 Å². The number of phenolic OH excluding ortho intramolecular Hbond substituents is 1. The first-order valence-electron chi connectivity index (χ1n) is 6.29. The van der Waals surface area contributed by atoms with Crippen molar-refractivity contribution in [2.24, 2.45) is 0 Å². The van der Waals surface area contributed by atoms with E-state index < -0.39 is 0 Å². The molecule has 0 bridgehead atoms. The van der Waals surface area contributed by atoms with Crippen LogP contribution in [-0.2, 0) is 0 Å². The fraction of sp³-hybridized carbons (Fsp3) is 0. The van der Waals surface area contributed by atoms with Gasteiger partial charge in [0.1, 0.15) is 17.1 Å². The quantitative estimate of drug-likeness (QED) is 0.594. The second kappa shape index (κ2) is 5.42. The first kappa shape index (κ1) is 13.4. The first-order valence-corrected chi connectivity index (χ1v) is 6.67. The van der Waals surface area contributed by atoms with Crippen LogP contribution in [0.4, 0.5) is 0 Å². The highest BCUT2D eigenvalue weighted by molar-refractivity contribution is 6.33. The molecule has 2 heterocycles. The molecule has 4 nitrogen and oxygen atoms in total. The van der Waals surface area contributed by atoms with Crippen LogP contribution in [0, 0.1) is 0 Å². The molecule has 0 amide bonds. The number of phenols is 1. The molecule has 3 aromatic rings. The van der Waals surface area contributed by atoms with Gasteiger partial charge < -0.3 is 5.11 Å². The molecule has 21 heavy (non-hydrogen) atoms. The van der Waals surface area contributed by atoms with Crippen LogP contribution in [0.15, 0.2) is 54.7 Å². The number of imidazole rings is 1. The average Bonchev–Trinajstić information content (AvgIpc) is 2.81. The summed E-state index contributed by atoms with van der Waals surface area (Å²) in [5.74, 6) is -0.0977. The van der Waals surface area contributed by atoms with E-state index >= 15 is 0 Å². The zero-order chi connectivity index (χ0) is 14.8. The lowest BCUT2D eigenvalue weighted by molar-refractivity contribution is 0.104. The lowest BCUT2D eigenvalue weighted by Crippen LogP contribution is -2.00. The molecule has 0 aliphatic rings. The number of aromatic hydroxyl groups is 1. The predicted octanol–water partition coefficient (Wildman–Crippen LogP) is 3.59. The van der Waals surface area contributed by atoms with Crippen molar-refractivity contribution in [2.45, 2.75) is 0 Å². The number of rotatable bonds is 3.